The molecule has 0 radical (unpaired) electrons. The Bertz CT molecular complexity index is 921. The molecule has 3 rings (SSSR count). The van der Waals surface area contributed by atoms with Gasteiger partial charge in [0, 0.05) is 17.8 Å². The second kappa shape index (κ2) is 8.82. The van der Waals surface area contributed by atoms with Crippen molar-refractivity contribution in [2.24, 2.45) is 16.3 Å². The molecule has 1 unspecified atom stereocenters. The first-order chi connectivity index (χ1) is 13.8. The third-order valence-electron chi connectivity index (χ3n) is 4.97. The molecule has 0 aromatic heterocycles. The molecule has 0 saturated heterocycles. The van der Waals surface area contributed by atoms with Gasteiger partial charge in [0.25, 0.3) is 0 Å². The van der Waals surface area contributed by atoms with Crippen LogP contribution in [0, 0.1) is 17.2 Å². The van der Waals surface area contributed by atoms with E-state index in [4.69, 9.17) is 21.9 Å². The van der Waals surface area contributed by atoms with Crippen LogP contribution < -0.4 is 10.1 Å². The number of Topliss-reactive ketones (excluding diaryl/α,β-unsaturated/α-hetero) is 1. The van der Waals surface area contributed by atoms with Crippen LogP contribution >= 0.6 is 12.2 Å². The largest absolute Gasteiger partial charge is 0.497 e. The van der Waals surface area contributed by atoms with Gasteiger partial charge in [0.2, 0.25) is 0 Å². The van der Waals surface area contributed by atoms with Gasteiger partial charge in [-0.15, -0.1) is 0 Å². The second-order valence-corrected chi connectivity index (χ2v) is 8.51. The molecule has 0 bridgehead atoms. The summed E-state index contributed by atoms with van der Waals surface area (Å²) in [6.07, 6.45) is 1.15. The number of rotatable bonds is 5. The summed E-state index contributed by atoms with van der Waals surface area (Å²) in [6, 6.07) is 13.6. The predicted octanol–water partition coefficient (Wildman–Crippen LogP) is 5.22. The summed E-state index contributed by atoms with van der Waals surface area (Å²) >= 11 is 5.56. The molecule has 29 heavy (non-hydrogen) atoms. The molecule has 1 aliphatic rings. The Balaban J connectivity index is 1.81. The standard InChI is InChI=1S/C23H25FN2O2S/c1-23(2)12-19(25-14-15-4-10-18(28-3)11-5-15)21(20(27)13-23)22(29)26-17-8-6-16(24)7-9-17/h4-11,21H,12-14H2,1-3H3,(H,26,29). The average Bonchev–Trinajstić information content (AvgIpc) is 2.67. The molecule has 6 heteroatoms. The van der Waals surface area contributed by atoms with Gasteiger partial charge in [-0.2, -0.15) is 0 Å². The van der Waals surface area contributed by atoms with Gasteiger partial charge >= 0.3 is 0 Å². The first-order valence-electron chi connectivity index (χ1n) is 9.53. The Morgan fingerprint density at radius 1 is 1.17 bits per heavy atom. The minimum Gasteiger partial charge on any atom is -0.497 e. The van der Waals surface area contributed by atoms with Crippen LogP contribution in [0.1, 0.15) is 32.3 Å². The highest BCUT2D eigenvalue weighted by Crippen LogP contribution is 2.35. The Kier molecular flexibility index (Phi) is 6.42. The highest BCUT2D eigenvalue weighted by Gasteiger charge is 2.40. The van der Waals surface area contributed by atoms with Crippen LogP contribution in [0.3, 0.4) is 0 Å². The number of hydrogen-bond acceptors (Lipinski definition) is 4. The summed E-state index contributed by atoms with van der Waals surface area (Å²) in [5.41, 5.74) is 2.33. The summed E-state index contributed by atoms with van der Waals surface area (Å²) in [7, 11) is 1.63. The smallest absolute Gasteiger partial charge is 0.148 e. The fourth-order valence-electron chi connectivity index (χ4n) is 3.53. The maximum atomic E-state index is 13.2. The molecule has 2 aromatic carbocycles. The third kappa shape index (κ3) is 5.48. The number of aliphatic imine (C=N–C) groups is 1. The Hall–Kier alpha value is -2.60. The number of nitrogens with one attached hydrogen (secondary N) is 1. The van der Waals surface area contributed by atoms with Crippen molar-refractivity contribution < 1.29 is 13.9 Å². The van der Waals surface area contributed by atoms with Crippen molar-refractivity contribution in [3.05, 3.63) is 59.9 Å². The van der Waals surface area contributed by atoms with Crippen molar-refractivity contribution in [3.8, 4) is 5.75 Å². The number of hydrogen-bond donors (Lipinski definition) is 1. The van der Waals surface area contributed by atoms with Crippen LogP contribution in [0.5, 0.6) is 5.75 Å². The molecule has 1 aliphatic carbocycles. The number of methoxy groups -OCH3 is 1. The van der Waals surface area contributed by atoms with E-state index in [1.165, 1.54) is 12.1 Å². The molecule has 1 N–H and O–H groups in total. The monoisotopic (exact) mass is 412 g/mol. The van der Waals surface area contributed by atoms with Crippen LogP contribution in [0.15, 0.2) is 53.5 Å². The lowest BCUT2D eigenvalue weighted by Gasteiger charge is -2.35. The van der Waals surface area contributed by atoms with Crippen LogP contribution in [0.4, 0.5) is 10.1 Å². The van der Waals surface area contributed by atoms with Crippen LogP contribution in [-0.4, -0.2) is 23.6 Å². The number of anilines is 1. The number of ether oxygens (including phenoxy) is 1. The number of carbonyl (C=O) groups is 1. The maximum absolute atomic E-state index is 13.2. The topological polar surface area (TPSA) is 50.7 Å². The number of benzene rings is 2. The molecule has 152 valence electrons. The molecule has 1 saturated carbocycles. The number of thiocarbonyl (C=S) groups is 1. The minimum atomic E-state index is -0.554. The molecule has 0 spiro atoms. The van der Waals surface area contributed by atoms with Gasteiger partial charge < -0.3 is 10.1 Å². The average molecular weight is 413 g/mol. The number of halogens is 1. The SMILES string of the molecule is COc1ccc(CN=C2CC(C)(C)CC(=O)C2C(=S)Nc2ccc(F)cc2)cc1. The van der Waals surface area contributed by atoms with Crippen molar-refractivity contribution >= 4 is 34.4 Å². The quantitative estimate of drug-likeness (QED) is 0.684. The number of ketones is 1. The maximum Gasteiger partial charge on any atom is 0.148 e. The van der Waals surface area contributed by atoms with Crippen molar-refractivity contribution in [2.75, 3.05) is 12.4 Å². The Morgan fingerprint density at radius 2 is 1.83 bits per heavy atom. The van der Waals surface area contributed by atoms with E-state index in [0.29, 0.717) is 30.1 Å². The van der Waals surface area contributed by atoms with Crippen LogP contribution in [-0.2, 0) is 11.3 Å². The highest BCUT2D eigenvalue weighted by molar-refractivity contribution is 7.80. The van der Waals surface area contributed by atoms with E-state index in [9.17, 15) is 9.18 Å². The summed E-state index contributed by atoms with van der Waals surface area (Å²) in [4.78, 5) is 18.1. The van der Waals surface area contributed by atoms with Gasteiger partial charge in [0.15, 0.2) is 0 Å². The van der Waals surface area contributed by atoms with Gasteiger partial charge in [-0.1, -0.05) is 38.2 Å². The lowest BCUT2D eigenvalue weighted by Crippen LogP contribution is -2.43. The summed E-state index contributed by atoms with van der Waals surface area (Å²) in [5.74, 6) is -0.0210. The lowest BCUT2D eigenvalue weighted by atomic mass is 9.71. The van der Waals surface area contributed by atoms with Gasteiger partial charge in [-0.3, -0.25) is 9.79 Å². The molecule has 2 aromatic rings. The normalized spacial score (nSPS) is 19.8. The van der Waals surface area contributed by atoms with E-state index < -0.39 is 5.92 Å². The Labute approximate surface area is 176 Å². The van der Waals surface area contributed by atoms with Crippen LogP contribution in [0.25, 0.3) is 0 Å². The molecule has 0 heterocycles. The molecule has 0 amide bonds. The zero-order valence-corrected chi connectivity index (χ0v) is 17.7. The summed E-state index contributed by atoms with van der Waals surface area (Å²) < 4.78 is 18.3. The van der Waals surface area contributed by atoms with E-state index in [1.54, 1.807) is 19.2 Å². The van der Waals surface area contributed by atoms with E-state index in [0.717, 1.165) is 17.0 Å². The molecule has 4 nitrogen and oxygen atoms in total. The van der Waals surface area contributed by atoms with E-state index in [1.807, 2.05) is 24.3 Å². The molecule has 1 atom stereocenters. The fourth-order valence-corrected chi connectivity index (χ4v) is 3.92. The van der Waals surface area contributed by atoms with Crippen molar-refractivity contribution in [2.45, 2.75) is 33.2 Å². The molecular formula is C23H25FN2O2S. The Morgan fingerprint density at radius 3 is 2.45 bits per heavy atom. The van der Waals surface area contributed by atoms with Crippen molar-refractivity contribution in [3.63, 3.8) is 0 Å². The fraction of sp³-hybridized carbons (Fsp3) is 0.348. The molecule has 0 aliphatic heterocycles. The molecular weight excluding hydrogens is 387 g/mol. The zero-order valence-electron chi connectivity index (χ0n) is 16.9. The second-order valence-electron chi connectivity index (χ2n) is 8.07. The van der Waals surface area contributed by atoms with Gasteiger partial charge in [0.1, 0.15) is 23.3 Å². The van der Waals surface area contributed by atoms with Gasteiger partial charge in [-0.05, 0) is 53.8 Å². The lowest BCUT2D eigenvalue weighted by molar-refractivity contribution is -0.122. The van der Waals surface area contributed by atoms with E-state index in [2.05, 4.69) is 19.2 Å². The van der Waals surface area contributed by atoms with Crippen molar-refractivity contribution in [1.82, 2.24) is 0 Å². The first kappa shape index (κ1) is 21.1. The number of carbonyl (C=O) groups excluding carboxylic acids is 1. The van der Waals surface area contributed by atoms with Gasteiger partial charge in [-0.25, -0.2) is 4.39 Å². The third-order valence-corrected chi connectivity index (χ3v) is 5.30. The van der Waals surface area contributed by atoms with Crippen molar-refractivity contribution in [1.29, 1.82) is 0 Å². The predicted molar refractivity (Wildman–Crippen MR) is 118 cm³/mol. The number of nitrogens with zero attached hydrogens (tertiary/aromatic N) is 1. The van der Waals surface area contributed by atoms with Crippen LogP contribution in [0.2, 0.25) is 0 Å². The summed E-state index contributed by atoms with van der Waals surface area (Å²) in [5, 5.41) is 3.09. The minimum absolute atomic E-state index is 0.0642. The van der Waals surface area contributed by atoms with Gasteiger partial charge in [0.05, 0.1) is 18.6 Å². The van der Waals surface area contributed by atoms with E-state index >= 15 is 0 Å². The molecule has 1 fully saturated rings. The first-order valence-corrected chi connectivity index (χ1v) is 9.93. The zero-order chi connectivity index (χ0) is 21.0. The highest BCUT2D eigenvalue weighted by atomic mass is 32.1. The van der Waals surface area contributed by atoms with E-state index in [-0.39, 0.29) is 17.0 Å². The summed E-state index contributed by atoms with van der Waals surface area (Å²) in [6.45, 7) is 4.61.